The van der Waals surface area contributed by atoms with Crippen molar-refractivity contribution in [3.05, 3.63) is 0 Å². The molecule has 1 atom stereocenters. The molecule has 2 N–H and O–H groups in total. The number of amides is 2. The minimum atomic E-state index is -0.785. The van der Waals surface area contributed by atoms with E-state index in [2.05, 4.69) is 12.2 Å². The maximum Gasteiger partial charge on any atom is 0.317 e. The Labute approximate surface area is 127 Å². The summed E-state index contributed by atoms with van der Waals surface area (Å²) in [5.41, 5.74) is 0. The molecule has 0 bridgehead atoms. The number of hydrogen-bond acceptors (Lipinski definition) is 2. The van der Waals surface area contributed by atoms with E-state index < -0.39 is 11.9 Å². The van der Waals surface area contributed by atoms with Crippen LogP contribution in [0.1, 0.15) is 58.3 Å². The highest BCUT2D eigenvalue weighted by atomic mass is 16.4. The molecule has 0 aromatic carbocycles. The van der Waals surface area contributed by atoms with Crippen molar-refractivity contribution in [3.63, 3.8) is 0 Å². The van der Waals surface area contributed by atoms with Gasteiger partial charge in [-0.2, -0.15) is 0 Å². The lowest BCUT2D eigenvalue weighted by molar-refractivity contribution is -0.143. The van der Waals surface area contributed by atoms with Crippen LogP contribution in [-0.4, -0.2) is 41.1 Å². The van der Waals surface area contributed by atoms with Gasteiger partial charge in [0, 0.05) is 19.1 Å². The predicted molar refractivity (Wildman–Crippen MR) is 81.1 cm³/mol. The van der Waals surface area contributed by atoms with Gasteiger partial charge in [0.1, 0.15) is 0 Å². The largest absolute Gasteiger partial charge is 0.481 e. The van der Waals surface area contributed by atoms with Crippen molar-refractivity contribution >= 4 is 12.0 Å². The first-order valence-corrected chi connectivity index (χ1v) is 8.38. The second-order valence-corrected chi connectivity index (χ2v) is 6.58. The van der Waals surface area contributed by atoms with E-state index in [0.717, 1.165) is 25.2 Å². The SMILES string of the molecule is CCCC1CCC(NC(=O)N2CCCC(C(=O)O)C2)CC1. The zero-order valence-corrected chi connectivity index (χ0v) is 13.0. The van der Waals surface area contributed by atoms with E-state index in [1.807, 2.05) is 0 Å². The summed E-state index contributed by atoms with van der Waals surface area (Å²) < 4.78 is 0. The molecule has 2 fully saturated rings. The van der Waals surface area contributed by atoms with E-state index in [-0.39, 0.29) is 12.1 Å². The van der Waals surface area contributed by atoms with Crippen LogP contribution in [-0.2, 0) is 4.79 Å². The number of piperidine rings is 1. The molecule has 5 nitrogen and oxygen atoms in total. The molecule has 21 heavy (non-hydrogen) atoms. The van der Waals surface area contributed by atoms with Gasteiger partial charge in [-0.25, -0.2) is 4.79 Å². The van der Waals surface area contributed by atoms with E-state index in [1.165, 1.54) is 25.7 Å². The predicted octanol–water partition coefficient (Wildman–Crippen LogP) is 2.85. The molecular weight excluding hydrogens is 268 g/mol. The van der Waals surface area contributed by atoms with Crippen LogP contribution in [0.5, 0.6) is 0 Å². The molecule has 1 saturated heterocycles. The molecule has 1 aliphatic heterocycles. The number of carboxylic acid groups (broad SMARTS) is 1. The zero-order valence-electron chi connectivity index (χ0n) is 13.0. The fourth-order valence-electron chi connectivity index (χ4n) is 3.63. The van der Waals surface area contributed by atoms with Gasteiger partial charge in [0.15, 0.2) is 0 Å². The van der Waals surface area contributed by atoms with Gasteiger partial charge in [-0.3, -0.25) is 4.79 Å². The number of carbonyl (C=O) groups is 2. The maximum atomic E-state index is 12.3. The Kier molecular flexibility index (Phi) is 5.88. The highest BCUT2D eigenvalue weighted by Gasteiger charge is 2.29. The normalized spacial score (nSPS) is 30.0. The molecule has 0 radical (unpaired) electrons. The van der Waals surface area contributed by atoms with Crippen molar-refractivity contribution in [2.75, 3.05) is 13.1 Å². The Morgan fingerprint density at radius 3 is 2.52 bits per heavy atom. The van der Waals surface area contributed by atoms with E-state index in [9.17, 15) is 9.59 Å². The van der Waals surface area contributed by atoms with Crippen molar-refractivity contribution in [2.45, 2.75) is 64.3 Å². The highest BCUT2D eigenvalue weighted by Crippen LogP contribution is 2.28. The summed E-state index contributed by atoms with van der Waals surface area (Å²) in [6.45, 7) is 3.26. The van der Waals surface area contributed by atoms with Gasteiger partial charge < -0.3 is 15.3 Å². The van der Waals surface area contributed by atoms with Crippen molar-refractivity contribution in [1.29, 1.82) is 0 Å². The van der Waals surface area contributed by atoms with Crippen LogP contribution in [0, 0.1) is 11.8 Å². The van der Waals surface area contributed by atoms with Gasteiger partial charge >= 0.3 is 12.0 Å². The van der Waals surface area contributed by atoms with Crippen molar-refractivity contribution in [3.8, 4) is 0 Å². The van der Waals surface area contributed by atoms with Crippen molar-refractivity contribution in [2.24, 2.45) is 11.8 Å². The minimum absolute atomic E-state index is 0.0695. The summed E-state index contributed by atoms with van der Waals surface area (Å²) in [7, 11) is 0. The quantitative estimate of drug-likeness (QED) is 0.838. The molecule has 1 aliphatic carbocycles. The topological polar surface area (TPSA) is 69.6 Å². The molecule has 2 rings (SSSR count). The Balaban J connectivity index is 1.75. The molecular formula is C16H28N2O3. The number of carboxylic acids is 1. The maximum absolute atomic E-state index is 12.3. The first-order chi connectivity index (χ1) is 10.1. The number of aliphatic carboxylic acids is 1. The fraction of sp³-hybridized carbons (Fsp3) is 0.875. The number of urea groups is 1. The van der Waals surface area contributed by atoms with E-state index in [4.69, 9.17) is 5.11 Å². The summed E-state index contributed by atoms with van der Waals surface area (Å²) >= 11 is 0. The summed E-state index contributed by atoms with van der Waals surface area (Å²) in [5, 5.41) is 12.2. The number of hydrogen-bond donors (Lipinski definition) is 2. The van der Waals surface area contributed by atoms with Gasteiger partial charge in [-0.05, 0) is 44.4 Å². The van der Waals surface area contributed by atoms with Gasteiger partial charge in [0.05, 0.1) is 5.92 Å². The zero-order chi connectivity index (χ0) is 15.2. The minimum Gasteiger partial charge on any atom is -0.481 e. The fourth-order valence-corrected chi connectivity index (χ4v) is 3.63. The Morgan fingerprint density at radius 1 is 1.19 bits per heavy atom. The highest BCUT2D eigenvalue weighted by molar-refractivity contribution is 5.76. The Bertz CT molecular complexity index is 365. The lowest BCUT2D eigenvalue weighted by atomic mass is 9.83. The smallest absolute Gasteiger partial charge is 0.317 e. The Morgan fingerprint density at radius 2 is 1.90 bits per heavy atom. The van der Waals surface area contributed by atoms with Crippen LogP contribution in [0.15, 0.2) is 0 Å². The summed E-state index contributed by atoms with van der Waals surface area (Å²) in [6.07, 6.45) is 8.54. The standard InChI is InChI=1S/C16H28N2O3/c1-2-4-12-6-8-14(9-7-12)17-16(21)18-10-3-5-13(11-18)15(19)20/h12-14H,2-11H2,1H3,(H,17,21)(H,19,20). The third-order valence-corrected chi connectivity index (χ3v) is 4.93. The number of nitrogens with one attached hydrogen (secondary N) is 1. The van der Waals surface area contributed by atoms with Crippen LogP contribution in [0.2, 0.25) is 0 Å². The first kappa shape index (κ1) is 16.1. The third-order valence-electron chi connectivity index (χ3n) is 4.93. The number of rotatable bonds is 4. The molecule has 2 aliphatic rings. The van der Waals surface area contributed by atoms with Crippen LogP contribution in [0.25, 0.3) is 0 Å². The molecule has 1 unspecified atom stereocenters. The van der Waals surface area contributed by atoms with Gasteiger partial charge in [-0.15, -0.1) is 0 Å². The number of carbonyl (C=O) groups excluding carboxylic acids is 1. The van der Waals surface area contributed by atoms with E-state index in [1.54, 1.807) is 4.90 Å². The molecule has 120 valence electrons. The van der Waals surface area contributed by atoms with Gasteiger partial charge in [-0.1, -0.05) is 19.8 Å². The average molecular weight is 296 g/mol. The average Bonchev–Trinajstić information content (AvgIpc) is 2.49. The monoisotopic (exact) mass is 296 g/mol. The molecule has 0 spiro atoms. The van der Waals surface area contributed by atoms with Crippen LogP contribution in [0.3, 0.4) is 0 Å². The molecule has 2 amide bonds. The van der Waals surface area contributed by atoms with Crippen LogP contribution >= 0.6 is 0 Å². The van der Waals surface area contributed by atoms with Crippen molar-refractivity contribution in [1.82, 2.24) is 10.2 Å². The molecule has 5 heteroatoms. The van der Waals surface area contributed by atoms with Crippen LogP contribution < -0.4 is 5.32 Å². The molecule has 0 aromatic rings. The van der Waals surface area contributed by atoms with Gasteiger partial charge in [0.25, 0.3) is 0 Å². The number of likely N-dealkylation sites (tertiary alicyclic amines) is 1. The van der Waals surface area contributed by atoms with E-state index >= 15 is 0 Å². The van der Waals surface area contributed by atoms with Crippen LogP contribution in [0.4, 0.5) is 4.79 Å². The third kappa shape index (κ3) is 4.61. The second kappa shape index (κ2) is 7.66. The first-order valence-electron chi connectivity index (χ1n) is 8.38. The Hall–Kier alpha value is -1.26. The molecule has 0 aromatic heterocycles. The van der Waals surface area contributed by atoms with E-state index in [0.29, 0.717) is 19.5 Å². The number of nitrogens with zero attached hydrogens (tertiary/aromatic N) is 1. The molecule has 1 heterocycles. The van der Waals surface area contributed by atoms with Crippen molar-refractivity contribution < 1.29 is 14.7 Å². The van der Waals surface area contributed by atoms with Gasteiger partial charge in [0.2, 0.25) is 0 Å². The summed E-state index contributed by atoms with van der Waals surface area (Å²) in [4.78, 5) is 25.0. The molecule has 1 saturated carbocycles. The summed E-state index contributed by atoms with van der Waals surface area (Å²) in [6, 6.07) is 0.204. The lowest BCUT2D eigenvalue weighted by Crippen LogP contribution is -2.50. The lowest BCUT2D eigenvalue weighted by Gasteiger charge is -2.34. The summed E-state index contributed by atoms with van der Waals surface area (Å²) in [5.74, 6) is -0.355. The second-order valence-electron chi connectivity index (χ2n) is 6.58.